The number of hydrogen-bond acceptors (Lipinski definition) is 2. The maximum Gasteiger partial charge on any atom is 0.306 e. The number of carboxylic acids is 1. The predicted octanol–water partition coefficient (Wildman–Crippen LogP) is 10.4. The van der Waals surface area contributed by atoms with Crippen LogP contribution in [0.15, 0.2) is 41.2 Å². The number of carbonyl (C=O) groups is 1. The van der Waals surface area contributed by atoms with Crippen LogP contribution in [0.5, 0.6) is 0 Å². The summed E-state index contributed by atoms with van der Waals surface area (Å²) in [6, 6.07) is 3.67. The molecule has 1 atom stereocenters. The molecule has 0 fully saturated rings. The number of allylic oxidation sites excluding steroid dienone is 2. The molecular formula is C30H54O3. The molecule has 0 saturated heterocycles. The third-order valence-electron chi connectivity index (χ3n) is 6.25. The number of rotatable bonds is 22. The minimum Gasteiger partial charge on any atom is -0.481 e. The summed E-state index contributed by atoms with van der Waals surface area (Å²) < 4.78 is 4.58. The Morgan fingerprint density at radius 1 is 0.667 bits per heavy atom. The van der Waals surface area contributed by atoms with Crippen LogP contribution in [0, 0.1) is 5.92 Å². The van der Waals surface area contributed by atoms with Gasteiger partial charge in [-0.15, -0.1) is 0 Å². The lowest BCUT2D eigenvalue weighted by Gasteiger charge is -2.12. The molecule has 0 spiro atoms. The minimum atomic E-state index is -0.578. The maximum absolute atomic E-state index is 11.4. The molecule has 33 heavy (non-hydrogen) atoms. The Morgan fingerprint density at radius 3 is 1.42 bits per heavy atom. The van der Waals surface area contributed by atoms with Crippen LogP contribution in [0.3, 0.4) is 0 Å². The minimum absolute atomic E-state index is 0.108. The number of carboxylic acid groups (broad SMARTS) is 1. The molecule has 1 rings (SSSR count). The van der Waals surface area contributed by atoms with Crippen molar-refractivity contribution in [3.63, 3.8) is 0 Å². The van der Waals surface area contributed by atoms with E-state index in [-0.39, 0.29) is 5.92 Å². The van der Waals surface area contributed by atoms with Gasteiger partial charge in [0.15, 0.2) is 0 Å². The van der Waals surface area contributed by atoms with Crippen LogP contribution in [0.25, 0.3) is 0 Å². The summed E-state index contributed by atoms with van der Waals surface area (Å²) in [7, 11) is 0. The second-order valence-electron chi connectivity index (χ2n) is 9.40. The SMILES string of the molecule is CCCCCCCC/C=C\CCCCCCC(CCCCCCCC)C(=O)O.c1ccoc1. The zero-order valence-electron chi connectivity index (χ0n) is 21.9. The lowest BCUT2D eigenvalue weighted by molar-refractivity contribution is -0.142. The molecule has 1 unspecified atom stereocenters. The summed E-state index contributed by atoms with van der Waals surface area (Å²) in [6.45, 7) is 4.50. The Morgan fingerprint density at radius 2 is 1.06 bits per heavy atom. The summed E-state index contributed by atoms with van der Waals surface area (Å²) in [5.74, 6) is -0.686. The first kappa shape index (κ1) is 31.5. The fourth-order valence-corrected chi connectivity index (χ4v) is 4.07. The fourth-order valence-electron chi connectivity index (χ4n) is 4.07. The highest BCUT2D eigenvalue weighted by atomic mass is 16.4. The van der Waals surface area contributed by atoms with Gasteiger partial charge in [0.05, 0.1) is 18.4 Å². The van der Waals surface area contributed by atoms with Crippen LogP contribution >= 0.6 is 0 Å². The molecule has 1 N–H and O–H groups in total. The van der Waals surface area contributed by atoms with Gasteiger partial charge in [0, 0.05) is 0 Å². The molecule has 0 saturated carbocycles. The van der Waals surface area contributed by atoms with Crippen molar-refractivity contribution in [2.45, 2.75) is 142 Å². The van der Waals surface area contributed by atoms with Gasteiger partial charge in [0.1, 0.15) is 0 Å². The molecule has 0 aliphatic rings. The molecule has 1 aromatic heterocycles. The Labute approximate surface area is 205 Å². The van der Waals surface area contributed by atoms with Gasteiger partial charge < -0.3 is 9.52 Å². The van der Waals surface area contributed by atoms with Gasteiger partial charge in [-0.25, -0.2) is 0 Å². The van der Waals surface area contributed by atoms with E-state index in [1.165, 1.54) is 103 Å². The van der Waals surface area contributed by atoms with Crippen molar-refractivity contribution >= 4 is 5.97 Å². The molecule has 3 nitrogen and oxygen atoms in total. The lowest BCUT2D eigenvalue weighted by Crippen LogP contribution is -2.13. The van der Waals surface area contributed by atoms with Crippen molar-refractivity contribution in [3.8, 4) is 0 Å². The highest BCUT2D eigenvalue weighted by molar-refractivity contribution is 5.69. The van der Waals surface area contributed by atoms with E-state index >= 15 is 0 Å². The smallest absolute Gasteiger partial charge is 0.306 e. The van der Waals surface area contributed by atoms with Crippen LogP contribution in [0.1, 0.15) is 142 Å². The van der Waals surface area contributed by atoms with E-state index in [4.69, 9.17) is 0 Å². The quantitative estimate of drug-likeness (QED) is 0.138. The summed E-state index contributed by atoms with van der Waals surface area (Å²) in [5.41, 5.74) is 0. The summed E-state index contributed by atoms with van der Waals surface area (Å²) in [5, 5.41) is 9.41. The second-order valence-corrected chi connectivity index (χ2v) is 9.40. The van der Waals surface area contributed by atoms with Gasteiger partial charge in [-0.1, -0.05) is 116 Å². The van der Waals surface area contributed by atoms with E-state index in [2.05, 4.69) is 30.4 Å². The first-order valence-electron chi connectivity index (χ1n) is 14.1. The molecule has 192 valence electrons. The summed E-state index contributed by atoms with van der Waals surface area (Å²) in [6.07, 6.45) is 32.6. The average Bonchev–Trinajstić information content (AvgIpc) is 3.40. The molecule has 0 aliphatic carbocycles. The van der Waals surface area contributed by atoms with Gasteiger partial charge in [0.25, 0.3) is 0 Å². The zero-order chi connectivity index (χ0) is 24.2. The van der Waals surface area contributed by atoms with Gasteiger partial charge in [-0.2, -0.15) is 0 Å². The van der Waals surface area contributed by atoms with Crippen LogP contribution in [0.2, 0.25) is 0 Å². The highest BCUT2D eigenvalue weighted by Gasteiger charge is 2.16. The first-order chi connectivity index (χ1) is 16.2. The van der Waals surface area contributed by atoms with E-state index in [1.54, 1.807) is 12.5 Å². The Balaban J connectivity index is 0.00000179. The topological polar surface area (TPSA) is 50.4 Å². The Hall–Kier alpha value is -1.51. The van der Waals surface area contributed by atoms with Gasteiger partial charge in [-0.3, -0.25) is 4.79 Å². The highest BCUT2D eigenvalue weighted by Crippen LogP contribution is 2.19. The largest absolute Gasteiger partial charge is 0.481 e. The fraction of sp³-hybridized carbons (Fsp3) is 0.767. The van der Waals surface area contributed by atoms with Crippen molar-refractivity contribution in [1.29, 1.82) is 0 Å². The molecule has 0 bridgehead atoms. The molecule has 0 aliphatic heterocycles. The van der Waals surface area contributed by atoms with Crippen molar-refractivity contribution in [2.75, 3.05) is 0 Å². The first-order valence-corrected chi connectivity index (χ1v) is 14.1. The number of hydrogen-bond donors (Lipinski definition) is 1. The molecule has 1 heterocycles. The lowest BCUT2D eigenvalue weighted by atomic mass is 9.94. The normalized spacial score (nSPS) is 11.9. The zero-order valence-corrected chi connectivity index (χ0v) is 21.9. The van der Waals surface area contributed by atoms with Crippen LogP contribution in [0.4, 0.5) is 0 Å². The van der Waals surface area contributed by atoms with Crippen molar-refractivity contribution in [3.05, 3.63) is 36.8 Å². The van der Waals surface area contributed by atoms with Gasteiger partial charge in [-0.05, 0) is 50.7 Å². The van der Waals surface area contributed by atoms with Crippen molar-refractivity contribution < 1.29 is 14.3 Å². The number of unbranched alkanes of at least 4 members (excludes halogenated alkanes) is 15. The van der Waals surface area contributed by atoms with E-state index in [0.717, 1.165) is 25.7 Å². The van der Waals surface area contributed by atoms with Crippen molar-refractivity contribution in [1.82, 2.24) is 0 Å². The second kappa shape index (κ2) is 26.7. The standard InChI is InChI=1S/C26H50O2.C4H4O/c1-3-5-7-9-11-12-13-14-15-16-17-18-20-22-24-25(26(27)28)23-21-19-10-8-6-4-2;1-2-4-5-3-1/h14-15,25H,3-13,16-24H2,1-2H3,(H,27,28);1-4H/b15-14-;. The van der Waals surface area contributed by atoms with E-state index in [9.17, 15) is 9.90 Å². The van der Waals surface area contributed by atoms with E-state index in [0.29, 0.717) is 0 Å². The van der Waals surface area contributed by atoms with Crippen LogP contribution < -0.4 is 0 Å². The van der Waals surface area contributed by atoms with Crippen molar-refractivity contribution in [2.24, 2.45) is 5.92 Å². The van der Waals surface area contributed by atoms with E-state index in [1.807, 2.05) is 12.1 Å². The molecule has 0 aromatic carbocycles. The number of aliphatic carboxylic acids is 1. The van der Waals surface area contributed by atoms with E-state index < -0.39 is 5.97 Å². The third-order valence-corrected chi connectivity index (χ3v) is 6.25. The number of furan rings is 1. The summed E-state index contributed by atoms with van der Waals surface area (Å²) >= 11 is 0. The monoisotopic (exact) mass is 462 g/mol. The molecular weight excluding hydrogens is 408 g/mol. The molecule has 3 heteroatoms. The molecule has 1 aromatic rings. The Bertz CT molecular complexity index is 489. The van der Waals surface area contributed by atoms with Gasteiger partial charge >= 0.3 is 5.97 Å². The summed E-state index contributed by atoms with van der Waals surface area (Å²) in [4.78, 5) is 11.4. The van der Waals surface area contributed by atoms with Gasteiger partial charge in [0.2, 0.25) is 0 Å². The molecule has 0 amide bonds. The van der Waals surface area contributed by atoms with Crippen LogP contribution in [-0.4, -0.2) is 11.1 Å². The third kappa shape index (κ3) is 25.0. The maximum atomic E-state index is 11.4. The molecule has 0 radical (unpaired) electrons. The van der Waals surface area contributed by atoms with Crippen LogP contribution in [-0.2, 0) is 4.79 Å². The Kier molecular flexibility index (Phi) is 25.5. The predicted molar refractivity (Wildman–Crippen MR) is 143 cm³/mol. The average molecular weight is 463 g/mol.